The van der Waals surface area contributed by atoms with E-state index in [-0.39, 0.29) is 22.4 Å². The summed E-state index contributed by atoms with van der Waals surface area (Å²) >= 11 is 0. The Balaban J connectivity index is 1.62. The average molecular weight is 611 g/mol. The van der Waals surface area contributed by atoms with E-state index in [1.54, 1.807) is 0 Å². The molecule has 0 aromatic carbocycles. The van der Waals surface area contributed by atoms with Crippen LogP contribution in [0.25, 0.3) is 0 Å². The number of hydrogen-bond donors (Lipinski definition) is 2. The lowest BCUT2D eigenvalue weighted by molar-refractivity contribution is -0.126. The molecule has 2 aliphatic carbocycles. The molecule has 6 atom stereocenters. The topological polar surface area (TPSA) is 74.6 Å². The first-order valence-electron chi connectivity index (χ1n) is 17.7. The fourth-order valence-corrected chi connectivity index (χ4v) is 7.45. The van der Waals surface area contributed by atoms with Gasteiger partial charge in [-0.1, -0.05) is 117 Å². The Kier molecular flexibility index (Phi) is 15.0. The molecule has 0 amide bonds. The smallest absolute Gasteiger partial charge is 0.187 e. The summed E-state index contributed by atoms with van der Waals surface area (Å²) in [6, 6.07) is 0. The Morgan fingerprint density at radius 1 is 0.705 bits per heavy atom. The second kappa shape index (κ2) is 17.2. The molecule has 0 spiro atoms. The van der Waals surface area contributed by atoms with Crippen LogP contribution in [0.15, 0.2) is 46.6 Å². The van der Waals surface area contributed by atoms with Crippen molar-refractivity contribution < 1.29 is 19.8 Å². The number of aliphatic hydroxyl groups excluding tert-OH is 2. The summed E-state index contributed by atoms with van der Waals surface area (Å²) < 4.78 is 0. The molecule has 250 valence electrons. The van der Waals surface area contributed by atoms with Crippen LogP contribution in [0.5, 0.6) is 0 Å². The number of carbonyl (C=O) groups excluding carboxylic acids is 2. The van der Waals surface area contributed by atoms with Crippen LogP contribution in [0.3, 0.4) is 0 Å². The van der Waals surface area contributed by atoms with E-state index in [4.69, 9.17) is 0 Å². The molecule has 0 bridgehead atoms. The van der Waals surface area contributed by atoms with Gasteiger partial charge < -0.3 is 10.2 Å². The van der Waals surface area contributed by atoms with E-state index in [1.165, 1.54) is 37.7 Å². The number of Topliss-reactive ketones (excluding diaryl/α,β-unsaturated/α-hetero) is 2. The number of aliphatic hydroxyl groups is 2. The van der Waals surface area contributed by atoms with Crippen LogP contribution in [0.2, 0.25) is 0 Å². The molecule has 0 saturated heterocycles. The lowest BCUT2D eigenvalue weighted by Gasteiger charge is -2.36. The van der Waals surface area contributed by atoms with Gasteiger partial charge in [-0.15, -0.1) is 0 Å². The first-order valence-corrected chi connectivity index (χ1v) is 17.7. The Hall–Kier alpha value is -1.78. The molecule has 4 unspecified atom stereocenters. The Labute approximate surface area is 270 Å². The molecule has 0 radical (unpaired) electrons. The van der Waals surface area contributed by atoms with Crippen LogP contribution < -0.4 is 0 Å². The van der Waals surface area contributed by atoms with E-state index >= 15 is 0 Å². The molecular weight excluding hydrogens is 544 g/mol. The summed E-state index contributed by atoms with van der Waals surface area (Å²) in [5, 5.41) is 20.1. The Bertz CT molecular complexity index is 1080. The molecule has 0 aromatic heterocycles. The van der Waals surface area contributed by atoms with E-state index in [0.717, 1.165) is 43.3 Å². The van der Waals surface area contributed by atoms with Gasteiger partial charge in [0.2, 0.25) is 0 Å². The zero-order valence-electron chi connectivity index (χ0n) is 30.0. The van der Waals surface area contributed by atoms with Crippen molar-refractivity contribution in [3.63, 3.8) is 0 Å². The maximum Gasteiger partial charge on any atom is 0.187 e. The van der Waals surface area contributed by atoms with Gasteiger partial charge in [-0.05, 0) is 110 Å². The zero-order chi connectivity index (χ0) is 33.2. The molecular formula is C40H66O4. The van der Waals surface area contributed by atoms with Crippen molar-refractivity contribution >= 4 is 11.6 Å². The minimum Gasteiger partial charge on any atom is -0.385 e. The first-order chi connectivity index (χ1) is 20.5. The average Bonchev–Trinajstić information content (AvgIpc) is 2.92. The van der Waals surface area contributed by atoms with Gasteiger partial charge >= 0.3 is 0 Å². The lowest BCUT2D eigenvalue weighted by Crippen LogP contribution is -2.36. The third-order valence-corrected chi connectivity index (χ3v) is 10.6. The molecule has 0 aromatic rings. The second-order valence-corrected chi connectivity index (χ2v) is 16.1. The van der Waals surface area contributed by atoms with Crippen molar-refractivity contribution in [2.75, 3.05) is 0 Å². The first kappa shape index (κ1) is 38.4. The largest absolute Gasteiger partial charge is 0.385 e. The van der Waals surface area contributed by atoms with E-state index in [2.05, 4.69) is 79.7 Å². The summed E-state index contributed by atoms with van der Waals surface area (Å²) in [6.07, 6.45) is 20.2. The van der Waals surface area contributed by atoms with Gasteiger partial charge in [0.25, 0.3) is 0 Å². The summed E-state index contributed by atoms with van der Waals surface area (Å²) in [7, 11) is 0. The SMILES string of the molecule is CC1=C(/C=C/C(C)CCCC(C)C/C=C/CC(C)CCCC(C)CCC2=C(C)C(=O)[C@@H](O)CC2(C)C)C(C)(C)C[C@H](O)C1=O. The van der Waals surface area contributed by atoms with Crippen molar-refractivity contribution in [2.45, 2.75) is 158 Å². The number of rotatable bonds is 17. The summed E-state index contributed by atoms with van der Waals surface area (Å²) in [4.78, 5) is 24.6. The van der Waals surface area contributed by atoms with Crippen molar-refractivity contribution in [3.8, 4) is 0 Å². The minimum absolute atomic E-state index is 0.0725. The standard InChI is InChI=1S/C40H66O4/c1-27(17-13-19-29(3)21-23-33-31(5)37(43)35(41)25-39(33,7)8)15-11-12-16-28(2)18-14-20-30(4)22-24-34-32(6)38(44)36(42)26-40(34,9)10/h11-12,21,23,27-30,35-36,41-42H,13-20,22,24-26H2,1-10H3/b12-11+,23-21+/t27?,28?,29?,30?,35-,36-/m0/s1. The quantitative estimate of drug-likeness (QED) is 0.161. The highest BCUT2D eigenvalue weighted by Gasteiger charge is 2.38. The van der Waals surface area contributed by atoms with E-state index in [9.17, 15) is 19.8 Å². The van der Waals surface area contributed by atoms with Crippen molar-refractivity contribution in [1.82, 2.24) is 0 Å². The predicted molar refractivity (Wildman–Crippen MR) is 185 cm³/mol. The Morgan fingerprint density at radius 3 is 1.75 bits per heavy atom. The van der Waals surface area contributed by atoms with Gasteiger partial charge in [-0.3, -0.25) is 9.59 Å². The van der Waals surface area contributed by atoms with Crippen LogP contribution in [0, 0.1) is 34.5 Å². The zero-order valence-corrected chi connectivity index (χ0v) is 30.0. The van der Waals surface area contributed by atoms with Gasteiger partial charge in [-0.25, -0.2) is 0 Å². The van der Waals surface area contributed by atoms with Crippen molar-refractivity contribution in [2.24, 2.45) is 34.5 Å². The molecule has 2 aliphatic rings. The third kappa shape index (κ3) is 11.5. The van der Waals surface area contributed by atoms with Gasteiger partial charge in [-0.2, -0.15) is 0 Å². The highest BCUT2D eigenvalue weighted by Crippen LogP contribution is 2.42. The number of carbonyl (C=O) groups is 2. The van der Waals surface area contributed by atoms with Crippen LogP contribution in [-0.4, -0.2) is 34.0 Å². The fourth-order valence-electron chi connectivity index (χ4n) is 7.45. The number of ketones is 2. The van der Waals surface area contributed by atoms with Gasteiger partial charge in [0.1, 0.15) is 12.2 Å². The molecule has 44 heavy (non-hydrogen) atoms. The minimum atomic E-state index is -0.863. The summed E-state index contributed by atoms with van der Waals surface area (Å²) in [5.41, 5.74) is 3.58. The predicted octanol–water partition coefficient (Wildman–Crippen LogP) is 9.90. The van der Waals surface area contributed by atoms with Crippen LogP contribution >= 0.6 is 0 Å². The number of allylic oxidation sites excluding steroid dienone is 6. The van der Waals surface area contributed by atoms with Gasteiger partial charge in [0.05, 0.1) is 0 Å². The third-order valence-electron chi connectivity index (χ3n) is 10.6. The highest BCUT2D eigenvalue weighted by molar-refractivity contribution is 6.00. The monoisotopic (exact) mass is 610 g/mol. The normalized spacial score (nSPS) is 25.3. The molecule has 0 heterocycles. The maximum absolute atomic E-state index is 12.3. The Morgan fingerprint density at radius 2 is 1.18 bits per heavy atom. The maximum atomic E-state index is 12.3. The molecule has 4 heteroatoms. The van der Waals surface area contributed by atoms with Gasteiger partial charge in [0, 0.05) is 0 Å². The van der Waals surface area contributed by atoms with E-state index in [1.807, 2.05) is 13.8 Å². The van der Waals surface area contributed by atoms with Crippen LogP contribution in [-0.2, 0) is 9.59 Å². The number of hydrogen-bond acceptors (Lipinski definition) is 4. The molecule has 4 nitrogen and oxygen atoms in total. The highest BCUT2D eigenvalue weighted by atomic mass is 16.3. The molecule has 0 aliphatic heterocycles. The second-order valence-electron chi connectivity index (χ2n) is 16.1. The van der Waals surface area contributed by atoms with E-state index < -0.39 is 12.2 Å². The van der Waals surface area contributed by atoms with E-state index in [0.29, 0.717) is 42.1 Å². The molecule has 0 saturated carbocycles. The summed E-state index contributed by atoms with van der Waals surface area (Å²) in [6.45, 7) is 21.6. The molecule has 0 fully saturated rings. The van der Waals surface area contributed by atoms with Crippen LogP contribution in [0.1, 0.15) is 146 Å². The summed E-state index contributed by atoms with van der Waals surface area (Å²) in [5.74, 6) is 2.31. The van der Waals surface area contributed by atoms with Crippen molar-refractivity contribution in [3.05, 3.63) is 46.6 Å². The van der Waals surface area contributed by atoms with Crippen molar-refractivity contribution in [1.29, 1.82) is 0 Å². The fraction of sp³-hybridized carbons (Fsp3) is 0.750. The van der Waals surface area contributed by atoms with Gasteiger partial charge in [0.15, 0.2) is 11.6 Å². The lowest BCUT2D eigenvalue weighted by atomic mass is 9.69. The molecule has 2 rings (SSSR count). The van der Waals surface area contributed by atoms with Crippen LogP contribution in [0.4, 0.5) is 0 Å². The molecule has 2 N–H and O–H groups in total.